The first kappa shape index (κ1) is 21.0. The first-order chi connectivity index (χ1) is 16.3. The van der Waals surface area contributed by atoms with Crippen molar-refractivity contribution in [3.05, 3.63) is 96.7 Å². The molecule has 33 heavy (non-hydrogen) atoms. The molecular weight excluding hydrogens is 432 g/mol. The van der Waals surface area contributed by atoms with Gasteiger partial charge in [-0.25, -0.2) is 4.68 Å². The fourth-order valence-electron chi connectivity index (χ4n) is 3.45. The highest BCUT2D eigenvalue weighted by Crippen LogP contribution is 2.31. The summed E-state index contributed by atoms with van der Waals surface area (Å²) in [5, 5.41) is 13.8. The molecule has 3 aromatic carbocycles. The molecule has 2 heterocycles. The van der Waals surface area contributed by atoms with Crippen LogP contribution in [0.5, 0.6) is 5.75 Å². The van der Waals surface area contributed by atoms with E-state index in [9.17, 15) is 0 Å². The van der Waals surface area contributed by atoms with Crippen LogP contribution in [0.1, 0.15) is 12.5 Å². The topological polar surface area (TPSA) is 66.0 Å². The van der Waals surface area contributed by atoms with Crippen LogP contribution < -0.4 is 4.74 Å². The number of para-hydroxylation sites is 1. The van der Waals surface area contributed by atoms with Gasteiger partial charge in [-0.3, -0.25) is 0 Å². The lowest BCUT2D eigenvalue weighted by Gasteiger charge is -2.02. The largest absolute Gasteiger partial charge is 0.494 e. The lowest BCUT2D eigenvalue weighted by Crippen LogP contribution is -1.93. The zero-order chi connectivity index (χ0) is 22.5. The number of rotatable bonds is 8. The van der Waals surface area contributed by atoms with Gasteiger partial charge in [0.1, 0.15) is 5.75 Å². The second-order valence-electron chi connectivity index (χ2n) is 7.27. The van der Waals surface area contributed by atoms with E-state index in [2.05, 4.69) is 28.5 Å². The molecule has 0 amide bonds. The van der Waals surface area contributed by atoms with E-state index in [0.29, 0.717) is 23.5 Å². The van der Waals surface area contributed by atoms with Gasteiger partial charge in [-0.15, -0.1) is 10.2 Å². The molecule has 5 aromatic rings. The van der Waals surface area contributed by atoms with Gasteiger partial charge in [-0.1, -0.05) is 60.3 Å². The summed E-state index contributed by atoms with van der Waals surface area (Å²) in [5.41, 5.74) is 4.98. The maximum atomic E-state index is 5.90. The molecule has 0 saturated heterocycles. The van der Waals surface area contributed by atoms with Crippen LogP contribution in [0.15, 0.2) is 101 Å². The highest BCUT2D eigenvalue weighted by Gasteiger charge is 2.15. The highest BCUT2D eigenvalue weighted by molar-refractivity contribution is 7.98. The van der Waals surface area contributed by atoms with E-state index in [1.807, 2.05) is 84.4 Å². The summed E-state index contributed by atoms with van der Waals surface area (Å²) in [6.45, 7) is 2.59. The third-order valence-electron chi connectivity index (χ3n) is 5.03. The van der Waals surface area contributed by atoms with Gasteiger partial charge in [0.15, 0.2) is 0 Å². The molecule has 0 aliphatic heterocycles. The fraction of sp³-hybridized carbons (Fsp3) is 0.115. The molecule has 164 valence electrons. The van der Waals surface area contributed by atoms with Crippen LogP contribution in [0.25, 0.3) is 28.4 Å². The summed E-state index contributed by atoms with van der Waals surface area (Å²) in [4.78, 5) is 0. The predicted octanol–water partition coefficient (Wildman–Crippen LogP) is 6.28. The Labute approximate surface area is 196 Å². The Hall–Kier alpha value is -3.84. The highest BCUT2D eigenvalue weighted by atomic mass is 32.2. The minimum atomic E-state index is 0.490. The van der Waals surface area contributed by atoms with Crippen molar-refractivity contribution in [2.24, 2.45) is 0 Å². The molecule has 0 spiro atoms. The van der Waals surface area contributed by atoms with Crippen molar-refractivity contribution in [1.82, 2.24) is 20.0 Å². The van der Waals surface area contributed by atoms with Crippen LogP contribution in [0.4, 0.5) is 0 Å². The molecular formula is C26H22N4O2S. The lowest BCUT2D eigenvalue weighted by atomic mass is 10.1. The average molecular weight is 455 g/mol. The first-order valence-corrected chi connectivity index (χ1v) is 11.7. The van der Waals surface area contributed by atoms with Crippen molar-refractivity contribution >= 4 is 11.8 Å². The van der Waals surface area contributed by atoms with E-state index in [-0.39, 0.29) is 0 Å². The van der Waals surface area contributed by atoms with Crippen LogP contribution in [0, 0.1) is 0 Å². The number of thioether (sulfide) groups is 1. The fourth-order valence-corrected chi connectivity index (χ4v) is 4.18. The van der Waals surface area contributed by atoms with Crippen molar-refractivity contribution < 1.29 is 9.15 Å². The minimum absolute atomic E-state index is 0.490. The lowest BCUT2D eigenvalue weighted by molar-refractivity contribution is 0.340. The molecule has 5 rings (SSSR count). The molecule has 7 heteroatoms. The molecule has 0 aliphatic rings. The van der Waals surface area contributed by atoms with Gasteiger partial charge in [-0.2, -0.15) is 5.10 Å². The molecule has 0 aliphatic carbocycles. The average Bonchev–Trinajstić information content (AvgIpc) is 3.52. The maximum absolute atomic E-state index is 5.90. The molecule has 0 fully saturated rings. The maximum Gasteiger partial charge on any atom is 0.277 e. The normalized spacial score (nSPS) is 10.9. The first-order valence-electron chi connectivity index (χ1n) is 10.7. The Kier molecular flexibility index (Phi) is 6.21. The third-order valence-corrected chi connectivity index (χ3v) is 5.90. The summed E-state index contributed by atoms with van der Waals surface area (Å²) in [5.74, 6) is 1.96. The van der Waals surface area contributed by atoms with Gasteiger partial charge in [0, 0.05) is 28.6 Å². The van der Waals surface area contributed by atoms with E-state index >= 15 is 0 Å². The standard InChI is InChI=1S/C26H22N4O2S/c1-2-31-23-15-13-20(14-16-23)25-27-28-26(32-25)33-18-21-17-30(22-11-7-4-8-12-22)29-24(21)19-9-5-3-6-10-19/h3-17H,2,18H2,1H3. The number of benzene rings is 3. The third kappa shape index (κ3) is 4.83. The van der Waals surface area contributed by atoms with Crippen LogP contribution in [0.3, 0.4) is 0 Å². The predicted molar refractivity (Wildman–Crippen MR) is 129 cm³/mol. The van der Waals surface area contributed by atoms with Crippen LogP contribution in [0.2, 0.25) is 0 Å². The summed E-state index contributed by atoms with van der Waals surface area (Å²) < 4.78 is 13.3. The quantitative estimate of drug-likeness (QED) is 0.257. The van der Waals surface area contributed by atoms with Crippen molar-refractivity contribution in [1.29, 1.82) is 0 Å². The van der Waals surface area contributed by atoms with E-state index in [1.165, 1.54) is 11.8 Å². The molecule has 0 unspecified atom stereocenters. The number of aromatic nitrogens is 4. The summed E-state index contributed by atoms with van der Waals surface area (Å²) >= 11 is 1.50. The van der Waals surface area contributed by atoms with Crippen LogP contribution in [-0.4, -0.2) is 26.6 Å². The number of hydrogen-bond donors (Lipinski definition) is 0. The van der Waals surface area contributed by atoms with Crippen LogP contribution >= 0.6 is 11.8 Å². The SMILES string of the molecule is CCOc1ccc(-c2nnc(SCc3cn(-c4ccccc4)nc3-c3ccccc3)o2)cc1. The van der Waals surface area contributed by atoms with Gasteiger partial charge in [0.25, 0.3) is 5.22 Å². The number of hydrogen-bond acceptors (Lipinski definition) is 6. The monoisotopic (exact) mass is 454 g/mol. The van der Waals surface area contributed by atoms with Crippen molar-refractivity contribution in [2.45, 2.75) is 17.9 Å². The smallest absolute Gasteiger partial charge is 0.277 e. The molecule has 0 radical (unpaired) electrons. The summed E-state index contributed by atoms with van der Waals surface area (Å²) in [6.07, 6.45) is 2.06. The molecule has 6 nitrogen and oxygen atoms in total. The Balaban J connectivity index is 1.37. The van der Waals surface area contributed by atoms with Crippen LogP contribution in [-0.2, 0) is 5.75 Å². The zero-order valence-corrected chi connectivity index (χ0v) is 18.9. The Morgan fingerprint density at radius 1 is 0.848 bits per heavy atom. The van der Waals surface area contributed by atoms with E-state index in [0.717, 1.165) is 33.8 Å². The Bertz CT molecular complexity index is 1320. The zero-order valence-electron chi connectivity index (χ0n) is 18.1. The second-order valence-corrected chi connectivity index (χ2v) is 8.19. The van der Waals surface area contributed by atoms with Gasteiger partial charge in [0.2, 0.25) is 5.89 Å². The summed E-state index contributed by atoms with van der Waals surface area (Å²) in [7, 11) is 0. The Morgan fingerprint density at radius 3 is 2.30 bits per heavy atom. The van der Waals surface area contributed by atoms with Crippen molar-refractivity contribution in [2.75, 3.05) is 6.61 Å². The number of nitrogens with zero attached hydrogens (tertiary/aromatic N) is 4. The van der Waals surface area contributed by atoms with Crippen molar-refractivity contribution in [3.8, 4) is 34.1 Å². The van der Waals surface area contributed by atoms with Gasteiger partial charge in [-0.05, 0) is 43.3 Å². The molecule has 0 saturated carbocycles. The van der Waals surface area contributed by atoms with Gasteiger partial charge < -0.3 is 9.15 Å². The van der Waals surface area contributed by atoms with Gasteiger partial charge >= 0.3 is 0 Å². The van der Waals surface area contributed by atoms with E-state index in [1.54, 1.807) is 0 Å². The number of ether oxygens (including phenoxy) is 1. The molecule has 0 N–H and O–H groups in total. The molecule has 2 aromatic heterocycles. The van der Waals surface area contributed by atoms with Crippen molar-refractivity contribution in [3.63, 3.8) is 0 Å². The minimum Gasteiger partial charge on any atom is -0.494 e. The Morgan fingerprint density at radius 2 is 1.58 bits per heavy atom. The summed E-state index contributed by atoms with van der Waals surface area (Å²) in [6, 6.07) is 27.9. The molecule has 0 atom stereocenters. The molecule has 0 bridgehead atoms. The van der Waals surface area contributed by atoms with E-state index in [4.69, 9.17) is 14.3 Å². The second kappa shape index (κ2) is 9.75. The van der Waals surface area contributed by atoms with Gasteiger partial charge in [0.05, 0.1) is 18.0 Å². The van der Waals surface area contributed by atoms with E-state index < -0.39 is 0 Å².